The van der Waals surface area contributed by atoms with Crippen molar-refractivity contribution >= 4 is 23.2 Å². The van der Waals surface area contributed by atoms with Gasteiger partial charge in [0.05, 0.1) is 14.2 Å². The van der Waals surface area contributed by atoms with Gasteiger partial charge in [-0.1, -0.05) is 11.6 Å². The van der Waals surface area contributed by atoms with Crippen LogP contribution in [0.2, 0.25) is 5.02 Å². The highest BCUT2D eigenvalue weighted by Crippen LogP contribution is 2.16. The van der Waals surface area contributed by atoms with Crippen molar-refractivity contribution in [1.29, 1.82) is 0 Å². The molecule has 2 aromatic carbocycles. The van der Waals surface area contributed by atoms with Gasteiger partial charge in [-0.25, -0.2) is 0 Å². The average Bonchev–Trinajstić information content (AvgIpc) is 2.57. The van der Waals surface area contributed by atoms with E-state index in [0.717, 1.165) is 28.6 Å². The highest BCUT2D eigenvalue weighted by Gasteiger charge is 2.10. The number of methoxy groups -OCH3 is 1. The molecule has 0 saturated heterocycles. The fourth-order valence-electron chi connectivity index (χ4n) is 2.12. The fourth-order valence-corrected chi connectivity index (χ4v) is 2.24. The standard InChI is InChI=1S/C18H21ClN2O3/c1-21(11-12-24-17-9-7-16(23-2)8-10-17)13-18(22)20-15-5-3-14(19)4-6-15/h3-10H,11-13H2,1-2H3,(H,20,22)/p+1. The number of likely N-dealkylation sites (N-methyl/N-ethyl adjacent to an activating group) is 1. The molecule has 0 fully saturated rings. The molecular weight excluding hydrogens is 328 g/mol. The minimum atomic E-state index is -0.0423. The number of hydrogen-bond acceptors (Lipinski definition) is 3. The first kappa shape index (κ1) is 18.1. The molecule has 1 unspecified atom stereocenters. The van der Waals surface area contributed by atoms with Crippen LogP contribution >= 0.6 is 11.6 Å². The lowest BCUT2D eigenvalue weighted by Crippen LogP contribution is -3.10. The summed E-state index contributed by atoms with van der Waals surface area (Å²) >= 11 is 5.82. The van der Waals surface area contributed by atoms with Crippen LogP contribution in [0.3, 0.4) is 0 Å². The van der Waals surface area contributed by atoms with Crippen molar-refractivity contribution in [2.75, 3.05) is 39.2 Å². The van der Waals surface area contributed by atoms with Crippen molar-refractivity contribution in [3.05, 3.63) is 53.6 Å². The molecule has 6 heteroatoms. The molecule has 24 heavy (non-hydrogen) atoms. The molecule has 0 aliphatic carbocycles. The highest BCUT2D eigenvalue weighted by molar-refractivity contribution is 6.30. The van der Waals surface area contributed by atoms with E-state index >= 15 is 0 Å². The lowest BCUT2D eigenvalue weighted by atomic mass is 10.3. The molecule has 0 aliphatic rings. The average molecular weight is 350 g/mol. The third-order valence-electron chi connectivity index (χ3n) is 3.45. The first-order chi connectivity index (χ1) is 11.6. The lowest BCUT2D eigenvalue weighted by molar-refractivity contribution is -0.871. The Morgan fingerprint density at radius 1 is 1.08 bits per heavy atom. The molecule has 0 spiro atoms. The zero-order valence-electron chi connectivity index (χ0n) is 13.8. The van der Waals surface area contributed by atoms with E-state index in [-0.39, 0.29) is 5.91 Å². The maximum atomic E-state index is 12.0. The maximum Gasteiger partial charge on any atom is 0.279 e. The van der Waals surface area contributed by atoms with Crippen LogP contribution < -0.4 is 19.7 Å². The van der Waals surface area contributed by atoms with Gasteiger partial charge in [0.1, 0.15) is 24.7 Å². The van der Waals surface area contributed by atoms with Crippen LogP contribution in [0.4, 0.5) is 5.69 Å². The largest absolute Gasteiger partial charge is 0.497 e. The first-order valence-electron chi connectivity index (χ1n) is 7.70. The molecule has 0 aliphatic heterocycles. The lowest BCUT2D eigenvalue weighted by Gasteiger charge is -2.14. The van der Waals surface area contributed by atoms with Gasteiger partial charge < -0.3 is 19.7 Å². The number of benzene rings is 2. The third kappa shape index (κ3) is 6.10. The summed E-state index contributed by atoms with van der Waals surface area (Å²) in [7, 11) is 3.59. The minimum Gasteiger partial charge on any atom is -0.497 e. The predicted octanol–water partition coefficient (Wildman–Crippen LogP) is 1.88. The summed E-state index contributed by atoms with van der Waals surface area (Å²) in [6, 6.07) is 14.5. The van der Waals surface area contributed by atoms with Gasteiger partial charge in [0.25, 0.3) is 5.91 Å². The van der Waals surface area contributed by atoms with E-state index in [1.54, 1.807) is 31.4 Å². The zero-order valence-corrected chi connectivity index (χ0v) is 14.6. The topological polar surface area (TPSA) is 52.0 Å². The Morgan fingerprint density at radius 2 is 1.71 bits per heavy atom. The maximum absolute atomic E-state index is 12.0. The van der Waals surface area contributed by atoms with Gasteiger partial charge in [-0.3, -0.25) is 4.79 Å². The van der Waals surface area contributed by atoms with Crippen LogP contribution in [0.1, 0.15) is 0 Å². The summed E-state index contributed by atoms with van der Waals surface area (Å²) in [5.74, 6) is 1.54. The zero-order chi connectivity index (χ0) is 17.4. The SMILES string of the molecule is COc1ccc(OCC[NH+](C)CC(=O)Nc2ccc(Cl)cc2)cc1. The second kappa shape index (κ2) is 9.15. The van der Waals surface area contributed by atoms with Crippen LogP contribution in [0, 0.1) is 0 Å². The number of hydrogen-bond donors (Lipinski definition) is 2. The van der Waals surface area contributed by atoms with Crippen molar-refractivity contribution in [3.63, 3.8) is 0 Å². The number of halogens is 1. The summed E-state index contributed by atoms with van der Waals surface area (Å²) in [6.07, 6.45) is 0. The molecule has 0 aromatic heterocycles. The van der Waals surface area contributed by atoms with Crippen molar-refractivity contribution in [1.82, 2.24) is 0 Å². The Morgan fingerprint density at radius 3 is 2.33 bits per heavy atom. The summed E-state index contributed by atoms with van der Waals surface area (Å²) in [6.45, 7) is 1.63. The predicted molar refractivity (Wildman–Crippen MR) is 95.2 cm³/mol. The second-order valence-electron chi connectivity index (χ2n) is 5.46. The van der Waals surface area contributed by atoms with E-state index < -0.39 is 0 Å². The number of amides is 1. The number of carbonyl (C=O) groups excluding carboxylic acids is 1. The molecule has 0 saturated carbocycles. The summed E-state index contributed by atoms with van der Waals surface area (Å²) in [4.78, 5) is 13.1. The van der Waals surface area contributed by atoms with Crippen LogP contribution in [-0.4, -0.2) is 39.8 Å². The quantitative estimate of drug-likeness (QED) is 0.765. The summed E-state index contributed by atoms with van der Waals surface area (Å²) in [5, 5.41) is 3.49. The van der Waals surface area contributed by atoms with Crippen molar-refractivity contribution < 1.29 is 19.2 Å². The fraction of sp³-hybridized carbons (Fsp3) is 0.278. The molecule has 0 radical (unpaired) electrons. The molecule has 2 aromatic rings. The van der Waals surface area contributed by atoms with Gasteiger partial charge in [0.15, 0.2) is 6.54 Å². The molecule has 1 amide bonds. The first-order valence-corrected chi connectivity index (χ1v) is 8.08. The normalized spacial score (nSPS) is 11.6. The van der Waals surface area contributed by atoms with E-state index in [0.29, 0.717) is 18.2 Å². The van der Waals surface area contributed by atoms with E-state index in [9.17, 15) is 4.79 Å². The van der Waals surface area contributed by atoms with E-state index in [1.807, 2.05) is 31.3 Å². The van der Waals surface area contributed by atoms with E-state index in [1.165, 1.54) is 0 Å². The second-order valence-corrected chi connectivity index (χ2v) is 5.90. The molecule has 5 nitrogen and oxygen atoms in total. The number of anilines is 1. The molecule has 0 heterocycles. The smallest absolute Gasteiger partial charge is 0.279 e. The monoisotopic (exact) mass is 349 g/mol. The van der Waals surface area contributed by atoms with Crippen LogP contribution in [0.15, 0.2) is 48.5 Å². The summed E-state index contributed by atoms with van der Waals surface area (Å²) in [5.41, 5.74) is 0.742. The molecule has 2 N–H and O–H groups in total. The number of rotatable bonds is 8. The molecule has 0 bridgehead atoms. The highest BCUT2D eigenvalue weighted by atomic mass is 35.5. The Kier molecular flexibility index (Phi) is 6.90. The van der Waals surface area contributed by atoms with Gasteiger partial charge in [-0.05, 0) is 48.5 Å². The molecular formula is C18H22ClN2O3+. The Hall–Kier alpha value is -2.24. The van der Waals surface area contributed by atoms with Crippen LogP contribution in [0.25, 0.3) is 0 Å². The van der Waals surface area contributed by atoms with Crippen molar-refractivity contribution in [2.45, 2.75) is 0 Å². The van der Waals surface area contributed by atoms with E-state index in [4.69, 9.17) is 21.1 Å². The van der Waals surface area contributed by atoms with Gasteiger partial charge >= 0.3 is 0 Å². The van der Waals surface area contributed by atoms with Gasteiger partial charge in [-0.2, -0.15) is 0 Å². The Balaban J connectivity index is 1.69. The third-order valence-corrected chi connectivity index (χ3v) is 3.70. The van der Waals surface area contributed by atoms with Crippen molar-refractivity contribution in [3.8, 4) is 11.5 Å². The van der Waals surface area contributed by atoms with Crippen LogP contribution in [0.5, 0.6) is 11.5 Å². The minimum absolute atomic E-state index is 0.0423. The number of quaternary nitrogens is 1. The van der Waals surface area contributed by atoms with Gasteiger partial charge in [-0.15, -0.1) is 0 Å². The molecule has 1 atom stereocenters. The number of carbonyl (C=O) groups is 1. The number of nitrogens with one attached hydrogen (secondary N) is 2. The Labute approximate surface area is 147 Å². The van der Waals surface area contributed by atoms with Gasteiger partial charge in [0, 0.05) is 10.7 Å². The molecule has 128 valence electrons. The molecule has 2 rings (SSSR count). The van der Waals surface area contributed by atoms with Crippen LogP contribution in [-0.2, 0) is 4.79 Å². The van der Waals surface area contributed by atoms with E-state index in [2.05, 4.69) is 5.32 Å². The van der Waals surface area contributed by atoms with Gasteiger partial charge in [0.2, 0.25) is 0 Å². The number of ether oxygens (including phenoxy) is 2. The summed E-state index contributed by atoms with van der Waals surface area (Å²) < 4.78 is 10.8. The Bertz CT molecular complexity index is 644. The van der Waals surface area contributed by atoms with Crippen molar-refractivity contribution in [2.24, 2.45) is 0 Å².